The number of nitrogens with zero attached hydrogens (tertiary/aromatic N) is 2. The molecule has 7 heteroatoms. The van der Waals surface area contributed by atoms with E-state index in [1.807, 2.05) is 4.90 Å². The van der Waals surface area contributed by atoms with Gasteiger partial charge >= 0.3 is 0 Å². The molecule has 0 aromatic carbocycles. The predicted octanol–water partition coefficient (Wildman–Crippen LogP) is 4.89. The van der Waals surface area contributed by atoms with E-state index in [9.17, 15) is 9.59 Å². The van der Waals surface area contributed by atoms with Crippen LogP contribution in [0.15, 0.2) is 17.8 Å². The van der Waals surface area contributed by atoms with Gasteiger partial charge in [-0.05, 0) is 43.9 Å². The molecule has 27 heavy (non-hydrogen) atoms. The van der Waals surface area contributed by atoms with Gasteiger partial charge in [-0.2, -0.15) is 0 Å². The van der Waals surface area contributed by atoms with Gasteiger partial charge in [-0.15, -0.1) is 0 Å². The van der Waals surface area contributed by atoms with Gasteiger partial charge < -0.3 is 4.90 Å². The molecule has 2 heterocycles. The summed E-state index contributed by atoms with van der Waals surface area (Å²) in [6.45, 7) is 3.32. The number of carbonyl (C=O) groups excluding carboxylic acids is 2. The van der Waals surface area contributed by atoms with Gasteiger partial charge in [-0.25, -0.2) is 4.98 Å². The van der Waals surface area contributed by atoms with Gasteiger partial charge in [0.2, 0.25) is 11.8 Å². The Labute approximate surface area is 170 Å². The number of allylic oxidation sites excluding steroid dienone is 1. The van der Waals surface area contributed by atoms with Crippen LogP contribution in [0.1, 0.15) is 58.3 Å². The molecule has 1 aromatic heterocycles. The van der Waals surface area contributed by atoms with Crippen molar-refractivity contribution in [3.63, 3.8) is 0 Å². The fourth-order valence-corrected chi connectivity index (χ4v) is 5.11. The van der Waals surface area contributed by atoms with Crippen molar-refractivity contribution in [3.8, 4) is 0 Å². The van der Waals surface area contributed by atoms with Crippen LogP contribution in [0.4, 0.5) is 5.13 Å². The van der Waals surface area contributed by atoms with Gasteiger partial charge in [-0.1, -0.05) is 47.8 Å². The van der Waals surface area contributed by atoms with Crippen molar-refractivity contribution < 1.29 is 9.59 Å². The van der Waals surface area contributed by atoms with Crippen LogP contribution in [0, 0.1) is 11.8 Å². The average molecular weight is 410 g/mol. The van der Waals surface area contributed by atoms with Gasteiger partial charge in [0.25, 0.3) is 0 Å². The number of nitrogens with one attached hydrogen (secondary N) is 1. The highest BCUT2D eigenvalue weighted by molar-refractivity contribution is 7.19. The lowest BCUT2D eigenvalue weighted by molar-refractivity contribution is -0.130. The summed E-state index contributed by atoms with van der Waals surface area (Å²) in [6.07, 6.45) is 12.5. The molecule has 5 nitrogen and oxygen atoms in total. The maximum atomic E-state index is 12.6. The van der Waals surface area contributed by atoms with Crippen LogP contribution in [0.3, 0.4) is 0 Å². The summed E-state index contributed by atoms with van der Waals surface area (Å²) < 4.78 is 0.563. The summed E-state index contributed by atoms with van der Waals surface area (Å²) in [5, 5.41) is 3.37. The highest BCUT2D eigenvalue weighted by Gasteiger charge is 2.26. The number of thiazole rings is 1. The first-order valence-corrected chi connectivity index (χ1v) is 11.1. The number of likely N-dealkylation sites (tertiary alicyclic amines) is 1. The summed E-state index contributed by atoms with van der Waals surface area (Å²) >= 11 is 7.16. The number of anilines is 1. The molecular weight excluding hydrogens is 382 g/mol. The zero-order chi connectivity index (χ0) is 19.2. The number of amides is 2. The standard InChI is InChI=1S/C20H28ClN3O2S/c1-14(25)24-9-5-6-15(13-24)10-17(16-7-3-2-4-8-16)11-19(26)23-20-22-12-18(21)27-20/h11-12,15-16H,2-10,13H2,1H3,(H,22,23,26)/t15-/m1/s1. The number of hydrogen-bond acceptors (Lipinski definition) is 4. The summed E-state index contributed by atoms with van der Waals surface area (Å²) in [4.78, 5) is 30.4. The predicted molar refractivity (Wildman–Crippen MR) is 110 cm³/mol. The van der Waals surface area contributed by atoms with Gasteiger partial charge in [0.05, 0.1) is 6.20 Å². The first-order chi connectivity index (χ1) is 13.0. The lowest BCUT2D eigenvalue weighted by atomic mass is 9.78. The van der Waals surface area contributed by atoms with E-state index in [0.29, 0.717) is 21.3 Å². The summed E-state index contributed by atoms with van der Waals surface area (Å²) in [6, 6.07) is 0. The maximum absolute atomic E-state index is 12.6. The highest BCUT2D eigenvalue weighted by atomic mass is 35.5. The number of rotatable bonds is 5. The zero-order valence-corrected chi connectivity index (χ0v) is 17.5. The fraction of sp³-hybridized carbons (Fsp3) is 0.650. The van der Waals surface area contributed by atoms with E-state index in [-0.39, 0.29) is 11.8 Å². The largest absolute Gasteiger partial charge is 0.343 e. The molecule has 1 aromatic rings. The maximum Gasteiger partial charge on any atom is 0.250 e. The first-order valence-electron chi connectivity index (χ1n) is 9.89. The highest BCUT2D eigenvalue weighted by Crippen LogP contribution is 2.35. The second kappa shape index (κ2) is 9.69. The van der Waals surface area contributed by atoms with Crippen LogP contribution in [-0.4, -0.2) is 34.8 Å². The zero-order valence-electron chi connectivity index (χ0n) is 15.9. The molecule has 1 aliphatic heterocycles. The number of halogens is 1. The second-order valence-corrected chi connectivity index (χ2v) is 9.35. The van der Waals surface area contributed by atoms with E-state index in [1.165, 1.54) is 36.2 Å². The van der Waals surface area contributed by atoms with Crippen LogP contribution < -0.4 is 5.32 Å². The lowest BCUT2D eigenvalue weighted by Gasteiger charge is -2.34. The Balaban J connectivity index is 1.69. The molecule has 0 unspecified atom stereocenters. The molecule has 0 radical (unpaired) electrons. The van der Waals surface area contributed by atoms with Crippen molar-refractivity contribution in [1.29, 1.82) is 0 Å². The molecule has 1 saturated carbocycles. The molecule has 3 rings (SSSR count). The Kier molecular flexibility index (Phi) is 7.30. The van der Waals surface area contributed by atoms with E-state index >= 15 is 0 Å². The van der Waals surface area contributed by atoms with Gasteiger partial charge in [-0.3, -0.25) is 14.9 Å². The Hall–Kier alpha value is -1.40. The van der Waals surface area contributed by atoms with E-state index in [4.69, 9.17) is 11.6 Å². The van der Waals surface area contributed by atoms with Crippen LogP contribution in [-0.2, 0) is 9.59 Å². The van der Waals surface area contributed by atoms with Crippen molar-refractivity contribution in [1.82, 2.24) is 9.88 Å². The van der Waals surface area contributed by atoms with Crippen LogP contribution >= 0.6 is 22.9 Å². The Morgan fingerprint density at radius 2 is 2.07 bits per heavy atom. The van der Waals surface area contributed by atoms with Crippen molar-refractivity contribution in [2.45, 2.75) is 58.3 Å². The van der Waals surface area contributed by atoms with Crippen LogP contribution in [0.5, 0.6) is 0 Å². The average Bonchev–Trinajstić information content (AvgIpc) is 3.06. The third-order valence-corrected chi connectivity index (χ3v) is 6.67. The summed E-state index contributed by atoms with van der Waals surface area (Å²) in [7, 11) is 0. The van der Waals surface area contributed by atoms with Gasteiger partial charge in [0.1, 0.15) is 4.34 Å². The normalized spacial score (nSPS) is 21.9. The number of hydrogen-bond donors (Lipinski definition) is 1. The minimum atomic E-state index is -0.124. The van der Waals surface area contributed by atoms with E-state index < -0.39 is 0 Å². The third-order valence-electron chi connectivity index (χ3n) is 5.64. The lowest BCUT2D eigenvalue weighted by Crippen LogP contribution is -2.38. The second-order valence-electron chi connectivity index (χ2n) is 7.69. The van der Waals surface area contributed by atoms with Crippen molar-refractivity contribution in [3.05, 3.63) is 22.2 Å². The molecule has 1 saturated heterocycles. The Morgan fingerprint density at radius 1 is 1.30 bits per heavy atom. The Morgan fingerprint density at radius 3 is 2.74 bits per heavy atom. The van der Waals surface area contributed by atoms with E-state index in [1.54, 1.807) is 19.2 Å². The summed E-state index contributed by atoms with van der Waals surface area (Å²) in [5.41, 5.74) is 1.24. The molecule has 0 spiro atoms. The Bertz CT molecular complexity index is 697. The molecular formula is C20H28ClN3O2S. The molecule has 1 N–H and O–H groups in total. The van der Waals surface area contributed by atoms with Crippen LogP contribution in [0.25, 0.3) is 0 Å². The molecule has 2 amide bonds. The first kappa shape index (κ1) is 20.3. The summed E-state index contributed by atoms with van der Waals surface area (Å²) in [5.74, 6) is 0.956. The van der Waals surface area contributed by atoms with Crippen molar-refractivity contribution in [2.75, 3.05) is 18.4 Å². The van der Waals surface area contributed by atoms with Gasteiger partial charge in [0, 0.05) is 26.1 Å². The number of aromatic nitrogens is 1. The molecule has 2 aliphatic rings. The monoisotopic (exact) mass is 409 g/mol. The van der Waals surface area contributed by atoms with E-state index in [2.05, 4.69) is 10.3 Å². The minimum absolute atomic E-state index is 0.124. The SMILES string of the molecule is CC(=O)N1CCC[C@H](CC(=CC(=O)Nc2ncc(Cl)s2)C2CCCCC2)C1. The van der Waals surface area contributed by atoms with Crippen LogP contribution in [0.2, 0.25) is 4.34 Å². The minimum Gasteiger partial charge on any atom is -0.343 e. The van der Waals surface area contributed by atoms with Crippen molar-refractivity contribution >= 4 is 39.9 Å². The quantitative estimate of drug-likeness (QED) is 0.704. The molecule has 148 valence electrons. The fourth-order valence-electron chi connectivity index (χ4n) is 4.29. The third kappa shape index (κ3) is 6.04. The molecule has 1 atom stereocenters. The molecule has 0 bridgehead atoms. The smallest absolute Gasteiger partial charge is 0.250 e. The van der Waals surface area contributed by atoms with Crippen molar-refractivity contribution in [2.24, 2.45) is 11.8 Å². The van der Waals surface area contributed by atoms with Gasteiger partial charge in [0.15, 0.2) is 5.13 Å². The molecule has 1 aliphatic carbocycles. The topological polar surface area (TPSA) is 62.3 Å². The molecule has 2 fully saturated rings. The number of carbonyl (C=O) groups is 2. The number of piperidine rings is 1. The van der Waals surface area contributed by atoms with E-state index in [0.717, 1.165) is 45.2 Å².